The second-order valence-electron chi connectivity index (χ2n) is 16.4. The van der Waals surface area contributed by atoms with Crippen LogP contribution in [-0.2, 0) is 0 Å². The van der Waals surface area contributed by atoms with E-state index in [9.17, 15) is 9.90 Å². The van der Waals surface area contributed by atoms with Crippen molar-refractivity contribution in [2.45, 2.75) is 132 Å². The van der Waals surface area contributed by atoms with E-state index in [-0.39, 0.29) is 17.1 Å². The topological polar surface area (TPSA) is 46.5 Å². The van der Waals surface area contributed by atoms with E-state index in [4.69, 9.17) is 4.74 Å². The molecule has 4 aliphatic carbocycles. The Morgan fingerprint density at radius 3 is 2.27 bits per heavy atom. The van der Waals surface area contributed by atoms with Crippen molar-refractivity contribution in [1.29, 1.82) is 0 Å². The summed E-state index contributed by atoms with van der Waals surface area (Å²) in [4.78, 5) is 11.9. The lowest BCUT2D eigenvalue weighted by atomic mass is 9.38. The molecular formula is C37H58O3. The first-order chi connectivity index (χ1) is 18.8. The third kappa shape index (κ3) is 4.64. The predicted octanol–water partition coefficient (Wildman–Crippen LogP) is 10.3. The monoisotopic (exact) mass is 550 g/mol. The van der Waals surface area contributed by atoms with Gasteiger partial charge in [-0.25, -0.2) is 4.79 Å². The van der Waals surface area contributed by atoms with Gasteiger partial charge in [0.15, 0.2) is 0 Å². The van der Waals surface area contributed by atoms with Crippen molar-refractivity contribution in [3.05, 3.63) is 29.8 Å². The lowest BCUT2D eigenvalue weighted by molar-refractivity contribution is -0.197. The van der Waals surface area contributed by atoms with E-state index >= 15 is 0 Å². The van der Waals surface area contributed by atoms with Crippen molar-refractivity contribution >= 4 is 5.97 Å². The number of benzene rings is 1. The van der Waals surface area contributed by atoms with Crippen LogP contribution in [0.3, 0.4) is 0 Å². The average molecular weight is 551 g/mol. The first-order valence-electron chi connectivity index (χ1n) is 16.7. The first kappa shape index (κ1) is 30.0. The highest BCUT2D eigenvalue weighted by Gasteiger charge is 2.67. The highest BCUT2D eigenvalue weighted by molar-refractivity contribution is 5.90. The van der Waals surface area contributed by atoms with Gasteiger partial charge in [0.2, 0.25) is 0 Å². The summed E-state index contributed by atoms with van der Waals surface area (Å²) < 4.78 is 6.60. The number of carboxylic acid groups (broad SMARTS) is 1. The zero-order valence-electron chi connectivity index (χ0n) is 26.9. The van der Waals surface area contributed by atoms with Crippen LogP contribution >= 0.6 is 0 Å². The Labute approximate surface area is 245 Å². The number of carbonyl (C=O) groups is 1. The van der Waals surface area contributed by atoms with Crippen LogP contribution in [0.25, 0.3) is 0 Å². The smallest absolute Gasteiger partial charge is 0.339 e. The second kappa shape index (κ2) is 10.6. The van der Waals surface area contributed by atoms with E-state index in [1.807, 2.05) is 12.1 Å². The van der Waals surface area contributed by atoms with Gasteiger partial charge in [-0.2, -0.15) is 0 Å². The predicted molar refractivity (Wildman–Crippen MR) is 165 cm³/mol. The highest BCUT2D eigenvalue weighted by Crippen LogP contribution is 2.74. The molecule has 4 fully saturated rings. The van der Waals surface area contributed by atoms with Crippen LogP contribution in [-0.4, -0.2) is 17.2 Å². The number of ether oxygens (including phenoxy) is 1. The molecule has 3 heteroatoms. The Morgan fingerprint density at radius 2 is 1.57 bits per heavy atom. The van der Waals surface area contributed by atoms with Crippen molar-refractivity contribution in [1.82, 2.24) is 0 Å². The lowest BCUT2D eigenvalue weighted by Crippen LogP contribution is -2.62. The van der Waals surface area contributed by atoms with Crippen molar-refractivity contribution in [3.63, 3.8) is 0 Å². The van der Waals surface area contributed by atoms with Crippen molar-refractivity contribution < 1.29 is 14.6 Å². The van der Waals surface area contributed by atoms with Crippen LogP contribution in [0, 0.1) is 57.2 Å². The number of hydrogen-bond acceptors (Lipinski definition) is 2. The summed E-state index contributed by atoms with van der Waals surface area (Å²) in [6, 6.07) is 7.20. The molecule has 1 aromatic carbocycles. The zero-order chi connectivity index (χ0) is 29.1. The van der Waals surface area contributed by atoms with E-state index in [1.54, 1.807) is 12.1 Å². The molecule has 0 bridgehead atoms. The number of aromatic carboxylic acids is 1. The summed E-state index contributed by atoms with van der Waals surface area (Å²) in [5.41, 5.74) is 1.56. The Morgan fingerprint density at radius 1 is 0.875 bits per heavy atom. The fourth-order valence-corrected chi connectivity index (χ4v) is 11.6. The maximum absolute atomic E-state index is 11.9. The fraction of sp³-hybridized carbons (Fsp3) is 0.811. The SMILES string of the molecule is CC(C)CCC[C@@H](C)[C@H]1CC[C@@]2(C)C3CCC4C(C)(C)C(Oc5ccccc5C(=O)O)CC[C@]4(C)C3CC[C@]12C. The van der Waals surface area contributed by atoms with Crippen LogP contribution in [0.2, 0.25) is 0 Å². The number of fused-ring (bicyclic) bond motifs is 5. The number of rotatable bonds is 8. The third-order valence-corrected chi connectivity index (χ3v) is 14.0. The van der Waals surface area contributed by atoms with Gasteiger partial charge in [-0.15, -0.1) is 0 Å². The Balaban J connectivity index is 1.35. The van der Waals surface area contributed by atoms with Crippen LogP contribution in [0.4, 0.5) is 0 Å². The molecule has 0 amide bonds. The molecule has 1 aromatic rings. The minimum Gasteiger partial charge on any atom is -0.489 e. The molecule has 224 valence electrons. The van der Waals surface area contributed by atoms with Gasteiger partial charge in [0, 0.05) is 5.41 Å². The minimum absolute atomic E-state index is 0.00831. The Kier molecular flexibility index (Phi) is 7.97. The molecule has 0 aromatic heterocycles. The normalized spacial score (nSPS) is 41.1. The molecule has 0 heterocycles. The van der Waals surface area contributed by atoms with Gasteiger partial charge in [-0.05, 0) is 115 Å². The van der Waals surface area contributed by atoms with E-state index in [2.05, 4.69) is 55.4 Å². The van der Waals surface area contributed by atoms with Crippen LogP contribution in [0.5, 0.6) is 5.75 Å². The van der Waals surface area contributed by atoms with Crippen LogP contribution in [0.15, 0.2) is 24.3 Å². The largest absolute Gasteiger partial charge is 0.489 e. The molecular weight excluding hydrogens is 492 g/mol. The average Bonchev–Trinajstić information content (AvgIpc) is 3.17. The summed E-state index contributed by atoms with van der Waals surface area (Å²) in [7, 11) is 0. The van der Waals surface area contributed by atoms with Gasteiger partial charge >= 0.3 is 5.97 Å². The van der Waals surface area contributed by atoms with Crippen LogP contribution < -0.4 is 4.74 Å². The van der Waals surface area contributed by atoms with Gasteiger partial charge in [0.1, 0.15) is 17.4 Å². The lowest BCUT2D eigenvalue weighted by Gasteiger charge is -2.67. The van der Waals surface area contributed by atoms with E-state index in [0.717, 1.165) is 36.0 Å². The highest BCUT2D eigenvalue weighted by atomic mass is 16.5. The third-order valence-electron chi connectivity index (χ3n) is 14.0. The number of hydrogen-bond donors (Lipinski definition) is 1. The number of carboxylic acids is 1. The standard InChI is InChI=1S/C37H58O3/c1-24(2)12-11-13-25(3)27-18-22-37(8)29-16-17-31-34(4,5)32(40-30-15-10-9-14-26(30)33(38)39)20-21-35(31,6)28(29)19-23-36(27,37)7/h9-10,14-15,24-25,27-29,31-32H,11-13,16-23H2,1-8H3,(H,38,39)/t25-,27-,28?,29?,31?,32?,35-,36-,37+/m1/s1. The molecule has 0 saturated heterocycles. The summed E-state index contributed by atoms with van der Waals surface area (Å²) in [6.45, 7) is 20.2. The number of para-hydroxylation sites is 1. The summed E-state index contributed by atoms with van der Waals surface area (Å²) >= 11 is 0. The van der Waals surface area contributed by atoms with Gasteiger partial charge in [0.05, 0.1) is 0 Å². The van der Waals surface area contributed by atoms with E-state index in [1.165, 1.54) is 64.2 Å². The van der Waals surface area contributed by atoms with Crippen molar-refractivity contribution in [3.8, 4) is 5.75 Å². The summed E-state index contributed by atoms with van der Waals surface area (Å²) in [5.74, 6) is 4.41. The maximum atomic E-state index is 11.9. The van der Waals surface area contributed by atoms with Gasteiger partial charge in [0.25, 0.3) is 0 Å². The zero-order valence-corrected chi connectivity index (χ0v) is 26.9. The Bertz CT molecular complexity index is 1070. The molecule has 40 heavy (non-hydrogen) atoms. The molecule has 4 aliphatic rings. The quantitative estimate of drug-likeness (QED) is 0.350. The molecule has 5 rings (SSSR count). The first-order valence-corrected chi connectivity index (χ1v) is 16.7. The van der Waals surface area contributed by atoms with Crippen molar-refractivity contribution in [2.24, 2.45) is 57.2 Å². The molecule has 0 spiro atoms. The van der Waals surface area contributed by atoms with Gasteiger partial charge in [-0.3, -0.25) is 0 Å². The maximum Gasteiger partial charge on any atom is 0.339 e. The molecule has 4 saturated carbocycles. The molecule has 9 atom stereocenters. The fourth-order valence-electron chi connectivity index (χ4n) is 11.6. The second-order valence-corrected chi connectivity index (χ2v) is 16.4. The van der Waals surface area contributed by atoms with Crippen molar-refractivity contribution in [2.75, 3.05) is 0 Å². The van der Waals surface area contributed by atoms with Gasteiger partial charge in [-0.1, -0.05) is 86.8 Å². The summed E-state index contributed by atoms with van der Waals surface area (Å²) in [5, 5.41) is 9.74. The summed E-state index contributed by atoms with van der Waals surface area (Å²) in [6.07, 6.45) is 14.7. The minimum atomic E-state index is -0.905. The molecule has 0 radical (unpaired) electrons. The molecule has 0 aliphatic heterocycles. The van der Waals surface area contributed by atoms with Gasteiger partial charge < -0.3 is 9.84 Å². The van der Waals surface area contributed by atoms with Crippen LogP contribution in [0.1, 0.15) is 136 Å². The molecule has 3 nitrogen and oxygen atoms in total. The van der Waals surface area contributed by atoms with E-state index < -0.39 is 5.97 Å². The molecule has 4 unspecified atom stereocenters. The molecule has 1 N–H and O–H groups in total. The Hall–Kier alpha value is -1.51. The van der Waals surface area contributed by atoms with E-state index in [0.29, 0.717) is 27.9 Å².